The van der Waals surface area contributed by atoms with Crippen molar-refractivity contribution in [2.45, 2.75) is 37.8 Å². The number of anilines is 2. The summed E-state index contributed by atoms with van der Waals surface area (Å²) in [5.74, 6) is -10.4. The van der Waals surface area contributed by atoms with Crippen molar-refractivity contribution in [2.24, 2.45) is 5.41 Å². The van der Waals surface area contributed by atoms with Crippen molar-refractivity contribution in [3.8, 4) is 34.5 Å². The van der Waals surface area contributed by atoms with E-state index in [9.17, 15) is 55.7 Å². The molecule has 0 unspecified atom stereocenters. The molecular weight excluding hydrogens is 971 g/mol. The van der Waals surface area contributed by atoms with Crippen LogP contribution in [0.2, 0.25) is 0 Å². The van der Waals surface area contributed by atoms with E-state index >= 15 is 0 Å². The number of ether oxygens (including phenoxy) is 6. The Morgan fingerprint density at radius 1 is 0.534 bits per heavy atom. The van der Waals surface area contributed by atoms with Crippen molar-refractivity contribution >= 4 is 47.0 Å². The molecule has 0 aliphatic heterocycles. The van der Waals surface area contributed by atoms with Gasteiger partial charge in [0.2, 0.25) is 11.6 Å². The number of ketones is 2. The zero-order valence-corrected chi connectivity index (χ0v) is 38.5. The average molecular weight is 1010 g/mol. The first-order chi connectivity index (χ1) is 34.5. The monoisotopic (exact) mass is 1010 g/mol. The van der Waals surface area contributed by atoms with Crippen molar-refractivity contribution in [1.29, 1.82) is 0 Å². The SMILES string of the molecule is COc1cccc(C(=O)Oc2ccc(/C=C/C(=O)CC(Cc3ccc(N)cc3)(Cc3ccc(N)cc3)C(O)(O)C(=O)/C=C/c3ccc(OC(=O)c4cccc(OC)c4OC(F)(F)F)cc3)cc2)c1OC(F)(F)F. The molecule has 73 heavy (non-hydrogen) atoms. The van der Waals surface area contributed by atoms with Gasteiger partial charge >= 0.3 is 24.7 Å². The lowest BCUT2D eigenvalue weighted by Gasteiger charge is -2.42. The summed E-state index contributed by atoms with van der Waals surface area (Å²) in [5, 5.41) is 24.4. The molecule has 0 heterocycles. The van der Waals surface area contributed by atoms with Crippen molar-refractivity contribution < 1.29 is 84.2 Å². The number of carbonyl (C=O) groups excluding carboxylic acids is 4. The molecule has 20 heteroatoms. The summed E-state index contributed by atoms with van der Waals surface area (Å²) in [4.78, 5) is 54.2. The van der Waals surface area contributed by atoms with Crippen molar-refractivity contribution in [1.82, 2.24) is 0 Å². The number of aliphatic hydroxyl groups is 2. The molecule has 0 spiro atoms. The van der Waals surface area contributed by atoms with Crippen molar-refractivity contribution in [3.05, 3.63) is 179 Å². The summed E-state index contributed by atoms with van der Waals surface area (Å²) in [6.07, 6.45) is -6.88. The highest BCUT2D eigenvalue weighted by atomic mass is 19.4. The molecular formula is C53H44F6N2O12. The minimum atomic E-state index is -5.16. The Morgan fingerprint density at radius 3 is 1.29 bits per heavy atom. The number of carbonyl (C=O) groups is 4. The molecule has 0 bridgehead atoms. The van der Waals surface area contributed by atoms with Crippen LogP contribution in [-0.2, 0) is 22.4 Å². The topological polar surface area (TPSA) is 216 Å². The van der Waals surface area contributed by atoms with Crippen molar-refractivity contribution in [3.63, 3.8) is 0 Å². The number of halogens is 6. The largest absolute Gasteiger partial charge is 0.573 e. The van der Waals surface area contributed by atoms with Crippen LogP contribution in [0.1, 0.15) is 49.4 Å². The Hall–Kier alpha value is -8.62. The lowest BCUT2D eigenvalue weighted by molar-refractivity contribution is -0.276. The number of hydrogen-bond donors (Lipinski definition) is 4. The van der Waals surface area contributed by atoms with Gasteiger partial charge in [0.05, 0.1) is 14.2 Å². The number of hydrogen-bond acceptors (Lipinski definition) is 14. The Balaban J connectivity index is 1.25. The summed E-state index contributed by atoms with van der Waals surface area (Å²) in [6, 6.07) is 30.4. The van der Waals surface area contributed by atoms with Gasteiger partial charge in [0, 0.05) is 23.2 Å². The van der Waals surface area contributed by atoms with E-state index in [1.165, 1.54) is 78.9 Å². The van der Waals surface area contributed by atoms with Gasteiger partial charge in [-0.15, -0.1) is 26.3 Å². The second kappa shape index (κ2) is 22.6. The fourth-order valence-corrected chi connectivity index (χ4v) is 7.48. The third kappa shape index (κ3) is 14.3. The molecule has 6 N–H and O–H groups in total. The minimum absolute atomic E-state index is 0.0852. The Morgan fingerprint density at radius 2 is 0.918 bits per heavy atom. The van der Waals surface area contributed by atoms with E-state index in [2.05, 4.69) is 9.47 Å². The molecule has 0 aliphatic rings. The number of benzene rings is 6. The number of allylic oxidation sites excluding steroid dienone is 1. The maximum Gasteiger partial charge on any atom is 0.573 e. The van der Waals surface area contributed by atoms with Crippen LogP contribution in [0.3, 0.4) is 0 Å². The lowest BCUT2D eigenvalue weighted by Crippen LogP contribution is -2.57. The van der Waals surface area contributed by atoms with Gasteiger partial charge in [-0.25, -0.2) is 9.59 Å². The van der Waals surface area contributed by atoms with E-state index in [4.69, 9.17) is 30.4 Å². The number of methoxy groups -OCH3 is 2. The van der Waals surface area contributed by atoms with Crippen LogP contribution < -0.4 is 39.9 Å². The number of esters is 2. The third-order valence-corrected chi connectivity index (χ3v) is 11.0. The molecule has 0 aromatic heterocycles. The number of rotatable bonds is 20. The molecule has 6 aromatic rings. The predicted octanol–water partition coefficient (Wildman–Crippen LogP) is 9.51. The number of nitrogen functional groups attached to an aromatic ring is 2. The summed E-state index contributed by atoms with van der Waals surface area (Å²) in [5.41, 5.74) is 11.1. The maximum absolute atomic E-state index is 14.2. The van der Waals surface area contributed by atoms with Gasteiger partial charge in [-0.1, -0.05) is 72.8 Å². The van der Waals surface area contributed by atoms with Gasteiger partial charge in [-0.05, 0) is 120 Å². The fourth-order valence-electron chi connectivity index (χ4n) is 7.48. The van der Waals surface area contributed by atoms with E-state index in [0.29, 0.717) is 28.1 Å². The summed E-state index contributed by atoms with van der Waals surface area (Å²) < 4.78 is 108. The Labute approximate surface area is 412 Å². The first kappa shape index (κ1) is 53.7. The first-order valence-corrected chi connectivity index (χ1v) is 21.5. The van der Waals surface area contributed by atoms with Crippen LogP contribution in [0.25, 0.3) is 12.2 Å². The van der Waals surface area contributed by atoms with E-state index < -0.39 is 76.5 Å². The summed E-state index contributed by atoms with van der Waals surface area (Å²) >= 11 is 0. The molecule has 0 saturated heterocycles. The van der Waals surface area contributed by atoms with Gasteiger partial charge in [-0.2, -0.15) is 0 Å². The molecule has 14 nitrogen and oxygen atoms in total. The van der Waals surface area contributed by atoms with E-state index in [0.717, 1.165) is 44.6 Å². The summed E-state index contributed by atoms with van der Waals surface area (Å²) in [7, 11) is 2.18. The molecule has 0 saturated carbocycles. The van der Waals surface area contributed by atoms with Crippen LogP contribution in [-0.4, -0.2) is 66.4 Å². The fraction of sp³-hybridized carbons (Fsp3) is 0.170. The third-order valence-electron chi connectivity index (χ3n) is 11.0. The zero-order chi connectivity index (χ0) is 53.1. The molecule has 0 atom stereocenters. The molecule has 380 valence electrons. The number of nitrogens with two attached hydrogens (primary N) is 2. The van der Waals surface area contributed by atoms with E-state index in [-0.39, 0.29) is 41.4 Å². The average Bonchev–Trinajstić information content (AvgIpc) is 3.33. The van der Waals surface area contributed by atoms with Crippen LogP contribution in [0, 0.1) is 5.41 Å². The Kier molecular flexibility index (Phi) is 16.7. The second-order valence-electron chi connectivity index (χ2n) is 16.1. The number of para-hydroxylation sites is 2. The molecule has 0 aliphatic carbocycles. The smallest absolute Gasteiger partial charge is 0.493 e. The second-order valence-corrected chi connectivity index (χ2v) is 16.1. The highest BCUT2D eigenvalue weighted by Gasteiger charge is 2.54. The predicted molar refractivity (Wildman–Crippen MR) is 254 cm³/mol. The van der Waals surface area contributed by atoms with Crippen molar-refractivity contribution in [2.75, 3.05) is 25.7 Å². The zero-order valence-electron chi connectivity index (χ0n) is 38.5. The molecule has 0 radical (unpaired) electrons. The highest BCUT2D eigenvalue weighted by molar-refractivity contribution is 6.01. The first-order valence-electron chi connectivity index (χ1n) is 21.5. The van der Waals surface area contributed by atoms with Crippen LogP contribution >= 0.6 is 0 Å². The highest BCUT2D eigenvalue weighted by Crippen LogP contribution is 2.43. The Bertz CT molecular complexity index is 2940. The van der Waals surface area contributed by atoms with Gasteiger partial charge in [0.1, 0.15) is 22.6 Å². The van der Waals surface area contributed by atoms with E-state index in [1.54, 1.807) is 48.5 Å². The van der Waals surface area contributed by atoms with Crippen LogP contribution in [0.15, 0.2) is 146 Å². The standard InChI is InChI=1S/C53H44F6N2O12/c1-68-43-7-3-5-41(46(43)72-52(54,55)56)48(64)70-39-24-14-32(15-25-39)13-23-38(62)31-50(29-34-9-19-36(60)20-10-34,30-35-11-21-37(61)22-12-35)51(66,67)45(63)28-18-33-16-26-40(27-17-33)71-49(65)42-6-4-8-44(69-2)47(42)73-53(57,58)59/h3-28,66-67H,29-31,60-61H2,1-2H3/b23-13+,28-18+. The van der Waals surface area contributed by atoms with Crippen LogP contribution in [0.5, 0.6) is 34.5 Å². The van der Waals surface area contributed by atoms with Gasteiger partial charge in [0.15, 0.2) is 28.8 Å². The number of alkyl halides is 6. The maximum atomic E-state index is 14.2. The minimum Gasteiger partial charge on any atom is -0.493 e. The molecule has 0 fully saturated rings. The normalized spacial score (nSPS) is 12.1. The van der Waals surface area contributed by atoms with Gasteiger partial charge in [0.25, 0.3) is 0 Å². The molecule has 6 rings (SSSR count). The molecule has 6 aromatic carbocycles. The quantitative estimate of drug-likeness (QED) is 0.0140. The van der Waals surface area contributed by atoms with Gasteiger partial charge in [-0.3, -0.25) is 9.59 Å². The summed E-state index contributed by atoms with van der Waals surface area (Å²) in [6.45, 7) is 0. The lowest BCUT2D eigenvalue weighted by atomic mass is 9.65. The van der Waals surface area contributed by atoms with Crippen LogP contribution in [0.4, 0.5) is 37.7 Å². The van der Waals surface area contributed by atoms with E-state index in [1.807, 2.05) is 0 Å². The molecule has 0 amide bonds. The van der Waals surface area contributed by atoms with Gasteiger partial charge < -0.3 is 50.1 Å².